The van der Waals surface area contributed by atoms with Gasteiger partial charge in [0.2, 0.25) is 0 Å². The Labute approximate surface area is 217 Å². The minimum absolute atomic E-state index is 0.434. The smallest absolute Gasteiger partial charge is 0.373 e. The predicted octanol–water partition coefficient (Wildman–Crippen LogP) is 7.78. The monoisotopic (exact) mass is 736 g/mol. The summed E-state index contributed by atoms with van der Waals surface area (Å²) in [5.74, 6) is -56.7. The Kier molecular flexibility index (Phi) is 11.4. The Morgan fingerprint density at radius 1 is 0.500 bits per heavy atom. The molecule has 0 aliphatic heterocycles. The molecule has 0 heterocycles. The molecule has 3 nitrogen and oxygen atoms in total. The molecular formula is C16H18F17IO3Si. The molecule has 230 valence electrons. The van der Waals surface area contributed by atoms with Crippen molar-refractivity contribution in [2.45, 2.75) is 78.4 Å². The van der Waals surface area contributed by atoms with Crippen molar-refractivity contribution in [1.29, 1.82) is 0 Å². The Bertz CT molecular complexity index is 773. The molecule has 1 atom stereocenters. The van der Waals surface area contributed by atoms with Crippen molar-refractivity contribution < 1.29 is 87.9 Å². The highest BCUT2D eigenvalue weighted by atomic mass is 127. The summed E-state index contributed by atoms with van der Waals surface area (Å²) in [5.41, 5.74) is 0. The van der Waals surface area contributed by atoms with E-state index in [1.54, 1.807) is 0 Å². The zero-order valence-electron chi connectivity index (χ0n) is 18.9. The van der Waals surface area contributed by atoms with Crippen molar-refractivity contribution in [3.8, 4) is 0 Å². The van der Waals surface area contributed by atoms with Crippen LogP contribution < -0.4 is 0 Å². The molecule has 22 heteroatoms. The van der Waals surface area contributed by atoms with E-state index in [2.05, 4.69) is 0 Å². The van der Waals surface area contributed by atoms with Crippen molar-refractivity contribution in [2.75, 3.05) is 19.8 Å². The van der Waals surface area contributed by atoms with E-state index < -0.39 is 86.2 Å². The third kappa shape index (κ3) is 5.83. The lowest BCUT2D eigenvalue weighted by molar-refractivity contribution is -0.461. The minimum Gasteiger partial charge on any atom is -0.373 e. The van der Waals surface area contributed by atoms with Gasteiger partial charge in [-0.15, -0.1) is 0 Å². The first-order valence-electron chi connectivity index (χ1n) is 9.83. The number of hydrogen-bond acceptors (Lipinski definition) is 3. The fraction of sp³-hybridized carbons (Fsp3) is 1.00. The van der Waals surface area contributed by atoms with E-state index in [-0.39, 0.29) is 0 Å². The van der Waals surface area contributed by atoms with Crippen molar-refractivity contribution in [3.05, 3.63) is 0 Å². The van der Waals surface area contributed by atoms with Crippen LogP contribution in [0.2, 0.25) is 0 Å². The third-order valence-electron chi connectivity index (χ3n) is 4.64. The molecule has 0 aromatic rings. The van der Waals surface area contributed by atoms with Crippen LogP contribution in [0, 0.1) is 0 Å². The number of rotatable bonds is 15. The fourth-order valence-corrected chi connectivity index (χ4v) is 7.35. The van der Waals surface area contributed by atoms with Gasteiger partial charge in [0.25, 0.3) is 0 Å². The van der Waals surface area contributed by atoms with Crippen LogP contribution in [0.25, 0.3) is 0 Å². The van der Waals surface area contributed by atoms with E-state index >= 15 is 0 Å². The van der Waals surface area contributed by atoms with E-state index in [0.717, 1.165) is 22.6 Å². The van der Waals surface area contributed by atoms with Crippen molar-refractivity contribution >= 4 is 31.4 Å². The van der Waals surface area contributed by atoms with E-state index in [4.69, 9.17) is 13.3 Å². The average molecular weight is 736 g/mol. The van der Waals surface area contributed by atoms with Crippen molar-refractivity contribution in [1.82, 2.24) is 0 Å². The maximum atomic E-state index is 14.4. The maximum absolute atomic E-state index is 14.4. The van der Waals surface area contributed by atoms with Crippen LogP contribution >= 0.6 is 22.6 Å². The lowest BCUT2D eigenvalue weighted by Gasteiger charge is -2.43. The first kappa shape index (κ1) is 37.6. The molecule has 0 aromatic carbocycles. The maximum Gasteiger partial charge on any atom is 0.514 e. The molecule has 0 fully saturated rings. The van der Waals surface area contributed by atoms with E-state index in [0.29, 0.717) is 0 Å². The van der Waals surface area contributed by atoms with Crippen molar-refractivity contribution in [2.24, 2.45) is 0 Å². The summed E-state index contributed by atoms with van der Waals surface area (Å²) < 4.78 is 241. The topological polar surface area (TPSA) is 27.7 Å². The zero-order chi connectivity index (χ0) is 31.0. The van der Waals surface area contributed by atoms with Gasteiger partial charge in [0.1, 0.15) is 0 Å². The average Bonchev–Trinajstić information content (AvgIpc) is 2.72. The first-order chi connectivity index (χ1) is 16.6. The molecule has 0 N–H and O–H groups in total. The van der Waals surface area contributed by atoms with Crippen LogP contribution in [0.5, 0.6) is 0 Å². The molecule has 0 spiro atoms. The SMILES string of the molecule is CCO[Si](OCC)(OCC)C(I)CC(F)(F)C(F)(F)C(F)(F)C(F)(F)C(F)(F)C(F)(F)C(F)(F)C(F)(F)F. The van der Waals surface area contributed by atoms with E-state index in [1.165, 1.54) is 20.8 Å². The lowest BCUT2D eigenvalue weighted by atomic mass is 9.88. The van der Waals surface area contributed by atoms with Crippen LogP contribution in [-0.2, 0) is 13.3 Å². The second kappa shape index (κ2) is 11.5. The summed E-state index contributed by atoms with van der Waals surface area (Å²) in [7, 11) is -4.56. The third-order valence-corrected chi connectivity index (χ3v) is 10.4. The highest BCUT2D eigenvalue weighted by molar-refractivity contribution is 14.1. The van der Waals surface area contributed by atoms with Crippen molar-refractivity contribution in [3.63, 3.8) is 0 Å². The van der Waals surface area contributed by atoms with E-state index in [1.807, 2.05) is 0 Å². The molecule has 0 radical (unpaired) electrons. The summed E-state index contributed by atoms with van der Waals surface area (Å²) >= 11 is 0.838. The molecular weight excluding hydrogens is 718 g/mol. The van der Waals surface area contributed by atoms with Gasteiger partial charge in [-0.2, -0.15) is 74.6 Å². The second-order valence-electron chi connectivity index (χ2n) is 7.22. The largest absolute Gasteiger partial charge is 0.514 e. The van der Waals surface area contributed by atoms with Crippen LogP contribution in [0.15, 0.2) is 0 Å². The van der Waals surface area contributed by atoms with Gasteiger partial charge < -0.3 is 13.3 Å². The van der Waals surface area contributed by atoms with Gasteiger partial charge >= 0.3 is 56.4 Å². The van der Waals surface area contributed by atoms with Crippen LogP contribution in [0.3, 0.4) is 0 Å². The quantitative estimate of drug-likeness (QED) is 0.0745. The van der Waals surface area contributed by atoms with E-state index in [9.17, 15) is 74.6 Å². The zero-order valence-corrected chi connectivity index (χ0v) is 22.1. The van der Waals surface area contributed by atoms with Gasteiger partial charge in [-0.1, -0.05) is 22.6 Å². The number of hydrogen-bond donors (Lipinski definition) is 0. The van der Waals surface area contributed by atoms with Crippen LogP contribution in [0.4, 0.5) is 74.6 Å². The summed E-state index contributed by atoms with van der Waals surface area (Å²) in [5, 5.41) is 0. The molecule has 0 rings (SSSR count). The normalized spacial score (nSPS) is 16.7. The Balaban J connectivity index is 6.74. The molecule has 0 aromatic heterocycles. The molecule has 0 bridgehead atoms. The number of halogens is 18. The molecule has 0 aliphatic rings. The summed E-state index contributed by atoms with van der Waals surface area (Å²) in [6, 6.07) is 0. The molecule has 38 heavy (non-hydrogen) atoms. The molecule has 1 unspecified atom stereocenters. The summed E-state index contributed by atoms with van der Waals surface area (Å²) in [4.78, 5) is 0. The van der Waals surface area contributed by atoms with Gasteiger partial charge in [0.05, 0.1) is 3.55 Å². The first-order valence-corrected chi connectivity index (χ1v) is 12.9. The number of alkyl halides is 18. The van der Waals surface area contributed by atoms with Gasteiger partial charge in [-0.05, 0) is 20.8 Å². The Morgan fingerprint density at radius 2 is 0.763 bits per heavy atom. The van der Waals surface area contributed by atoms with Gasteiger partial charge in [-0.25, -0.2) is 0 Å². The highest BCUT2D eigenvalue weighted by Gasteiger charge is 2.95. The summed E-state index contributed by atoms with van der Waals surface area (Å²) in [6.45, 7) is 2.29. The molecule has 0 saturated carbocycles. The molecule has 0 amide bonds. The highest BCUT2D eigenvalue weighted by Crippen LogP contribution is 2.64. The molecule has 0 aliphatic carbocycles. The Hall–Kier alpha value is -0.363. The fourth-order valence-electron chi connectivity index (χ4n) is 2.67. The minimum atomic E-state index is -8.66. The second-order valence-corrected chi connectivity index (χ2v) is 12.7. The van der Waals surface area contributed by atoms with Crippen LogP contribution in [0.1, 0.15) is 27.2 Å². The molecule has 0 saturated heterocycles. The van der Waals surface area contributed by atoms with Gasteiger partial charge in [0, 0.05) is 26.2 Å². The van der Waals surface area contributed by atoms with Gasteiger partial charge in [-0.3, -0.25) is 0 Å². The standard InChI is InChI=1S/C16H18F17IO3Si/c1-4-35-38(36-5-2,37-6-3)8(34)7-9(17,18)10(19,20)11(21,22)12(23,24)13(25,26)14(27,28)15(29,30)16(31,32)33/h8H,4-7H2,1-3H3. The summed E-state index contributed by atoms with van der Waals surface area (Å²) in [6.07, 6.45) is -10.5. The van der Waals surface area contributed by atoms with Gasteiger partial charge in [0.15, 0.2) is 0 Å². The predicted molar refractivity (Wildman–Crippen MR) is 104 cm³/mol. The lowest BCUT2D eigenvalue weighted by Crippen LogP contribution is -2.74. The Morgan fingerprint density at radius 3 is 1.03 bits per heavy atom. The van der Waals surface area contributed by atoms with Crippen LogP contribution in [-0.4, -0.2) is 79.8 Å².